The number of halogens is 1. The van der Waals surface area contributed by atoms with E-state index in [0.717, 1.165) is 54.3 Å². The molecule has 0 unspecified atom stereocenters. The van der Waals surface area contributed by atoms with Crippen molar-refractivity contribution >= 4 is 152 Å². The quantitative estimate of drug-likeness (QED) is 0.127. The van der Waals surface area contributed by atoms with E-state index in [1.165, 1.54) is 112 Å². The number of hydrogen-bond acceptors (Lipinski definition) is 8. The van der Waals surface area contributed by atoms with Gasteiger partial charge in [-0.2, -0.15) is 0 Å². The third-order valence-electron chi connectivity index (χ3n) is 17.2. The van der Waals surface area contributed by atoms with Crippen molar-refractivity contribution < 1.29 is 10.0 Å². The molecule has 18 rings (SSSR count). The lowest BCUT2D eigenvalue weighted by Gasteiger charge is -2.12. The summed E-state index contributed by atoms with van der Waals surface area (Å²) in [4.78, 5) is 17.6. The van der Waals surface area contributed by atoms with Crippen LogP contribution in [0.1, 0.15) is 0 Å². The lowest BCUT2D eigenvalue weighted by molar-refractivity contribution is 0.426. The summed E-state index contributed by atoms with van der Waals surface area (Å²) < 4.78 is 5.26. The maximum absolute atomic E-state index is 9.47. The number of fused-ring (bicyclic) bond motifs is 18. The Morgan fingerprint density at radius 2 is 0.656 bits per heavy atom. The van der Waals surface area contributed by atoms with E-state index >= 15 is 0 Å². The van der Waals surface area contributed by atoms with Gasteiger partial charge in [-0.3, -0.25) is 0 Å². The van der Waals surface area contributed by atoms with Gasteiger partial charge in [-0.1, -0.05) is 230 Å². The number of rotatable bonds is 6. The van der Waals surface area contributed by atoms with E-state index in [1.807, 2.05) is 77.5 Å². The van der Waals surface area contributed by atoms with Crippen molar-refractivity contribution in [3.8, 4) is 55.6 Å². The molecule has 4 aromatic heterocycles. The fourth-order valence-electron chi connectivity index (χ4n) is 12.9. The van der Waals surface area contributed by atoms with Crippen LogP contribution in [0.15, 0.2) is 292 Å². The van der Waals surface area contributed by atoms with Crippen molar-refractivity contribution in [2.45, 2.75) is 0 Å². The highest BCUT2D eigenvalue weighted by molar-refractivity contribution is 7.26. The van der Waals surface area contributed by atoms with E-state index in [0.29, 0.717) is 5.46 Å². The first-order valence-electron chi connectivity index (χ1n) is 29.7. The van der Waals surface area contributed by atoms with Crippen molar-refractivity contribution in [2.24, 2.45) is 0 Å². The lowest BCUT2D eigenvalue weighted by Crippen LogP contribution is -2.29. The van der Waals surface area contributed by atoms with Crippen LogP contribution in [0.25, 0.3) is 161 Å². The van der Waals surface area contributed by atoms with Gasteiger partial charge in [0.25, 0.3) is 0 Å². The van der Waals surface area contributed by atoms with Gasteiger partial charge in [0.05, 0.1) is 11.0 Å². The SMILES string of the molecule is Clc1ccc2c3ccccc3c3cncnc3c2c1.OB(O)c1cccc(-c2cccc(-c3cccc4c3sc3ccccc34)c2)c1.c1cc(-c2cccc(-c3cccc4c3sc3ccccc34)c2)cc(-c2ccc3c4ccccc4c4cncnc4c3c2)c1. The number of thiophene rings is 2. The molecule has 4 heterocycles. The molecule has 0 radical (unpaired) electrons. The van der Waals surface area contributed by atoms with E-state index in [-0.39, 0.29) is 0 Å². The number of nitrogens with zero attached hydrogens (tertiary/aromatic N) is 4. The molecular formula is C80H50BClN4O2S2. The first kappa shape index (κ1) is 54.9. The van der Waals surface area contributed by atoms with Crippen LogP contribution in [-0.4, -0.2) is 37.1 Å². The van der Waals surface area contributed by atoms with Crippen molar-refractivity contribution in [1.29, 1.82) is 0 Å². The van der Waals surface area contributed by atoms with Gasteiger partial charge in [0, 0.05) is 79.3 Å². The normalized spacial score (nSPS) is 11.5. The summed E-state index contributed by atoms with van der Waals surface area (Å²) in [6.45, 7) is 0. The van der Waals surface area contributed by atoms with Gasteiger partial charge < -0.3 is 10.0 Å². The summed E-state index contributed by atoms with van der Waals surface area (Å²) >= 11 is 9.83. The Kier molecular flexibility index (Phi) is 14.2. The Hall–Kier alpha value is -10.5. The second kappa shape index (κ2) is 23.2. The maximum Gasteiger partial charge on any atom is 0.488 e. The standard InChI is InChI=1S/C40H24N2S.C24H17BO2S.C16H9ClN2/c1-2-13-32-31(12-1)33-19-18-28(22-36(33)39-37(32)23-41-24-42-39)26-9-5-8-25(20-26)27-10-6-11-29(21-27)30-15-7-16-35-34-14-3-4-17-38(34)43-40(30)35;26-25(27)19-9-4-7-17(15-19)16-6-3-8-18(14-16)20-11-5-12-22-21-10-1-2-13-23(21)28-24(20)22;17-10-5-6-13-11-3-1-2-4-12(11)15-8-18-9-19-16(15)14(13)7-10/h1-24H;1-15,26-27H;1-9H. The Morgan fingerprint density at radius 1 is 0.289 bits per heavy atom. The first-order chi connectivity index (χ1) is 44.4. The molecule has 10 heteroatoms. The molecule has 0 bridgehead atoms. The van der Waals surface area contributed by atoms with E-state index in [4.69, 9.17) is 16.6 Å². The molecule has 0 aliphatic carbocycles. The molecule has 2 N–H and O–H groups in total. The minimum absolute atomic E-state index is 0.495. The Bertz CT molecular complexity index is 5780. The minimum Gasteiger partial charge on any atom is -0.423 e. The molecule has 0 fully saturated rings. The van der Waals surface area contributed by atoms with Gasteiger partial charge in [-0.25, -0.2) is 19.9 Å². The van der Waals surface area contributed by atoms with E-state index in [9.17, 15) is 10.0 Å². The van der Waals surface area contributed by atoms with Crippen LogP contribution in [0.3, 0.4) is 0 Å². The zero-order chi connectivity index (χ0) is 60.2. The molecule has 90 heavy (non-hydrogen) atoms. The fourth-order valence-corrected chi connectivity index (χ4v) is 15.6. The molecule has 0 amide bonds. The molecule has 0 spiro atoms. The second-order valence-corrected chi connectivity index (χ2v) is 25.0. The zero-order valence-electron chi connectivity index (χ0n) is 48.2. The molecule has 14 aromatic carbocycles. The van der Waals surface area contributed by atoms with Crippen LogP contribution in [0.5, 0.6) is 0 Å². The lowest BCUT2D eigenvalue weighted by atomic mass is 9.79. The van der Waals surface area contributed by atoms with Crippen LogP contribution in [-0.2, 0) is 0 Å². The van der Waals surface area contributed by atoms with Crippen molar-refractivity contribution in [3.63, 3.8) is 0 Å². The molecule has 0 aliphatic heterocycles. The number of hydrogen-bond donors (Lipinski definition) is 2. The van der Waals surface area contributed by atoms with Gasteiger partial charge in [0.2, 0.25) is 0 Å². The molecule has 0 saturated carbocycles. The zero-order valence-corrected chi connectivity index (χ0v) is 50.6. The first-order valence-corrected chi connectivity index (χ1v) is 31.7. The number of benzene rings is 14. The van der Waals surface area contributed by atoms with Gasteiger partial charge >= 0.3 is 7.12 Å². The summed E-state index contributed by atoms with van der Waals surface area (Å²) in [6, 6.07) is 93.5. The predicted octanol–water partition coefficient (Wildman–Crippen LogP) is 21.0. The maximum atomic E-state index is 9.47. The second-order valence-electron chi connectivity index (χ2n) is 22.4. The fraction of sp³-hybridized carbons (Fsp3) is 0. The highest BCUT2D eigenvalue weighted by Gasteiger charge is 2.17. The molecule has 18 aromatic rings. The van der Waals surface area contributed by atoms with E-state index in [2.05, 4.69) is 233 Å². The summed E-state index contributed by atoms with van der Waals surface area (Å²) in [6.07, 6.45) is 7.03. The summed E-state index contributed by atoms with van der Waals surface area (Å²) in [5.74, 6) is 0. The third kappa shape index (κ3) is 9.95. The minimum atomic E-state index is -1.46. The Morgan fingerprint density at radius 3 is 1.16 bits per heavy atom. The molecule has 6 nitrogen and oxygen atoms in total. The highest BCUT2D eigenvalue weighted by Crippen LogP contribution is 2.44. The van der Waals surface area contributed by atoms with Crippen LogP contribution < -0.4 is 5.46 Å². The largest absolute Gasteiger partial charge is 0.488 e. The summed E-state index contributed by atoms with van der Waals surface area (Å²) in [7, 11) is -1.46. The van der Waals surface area contributed by atoms with E-state index < -0.39 is 7.12 Å². The highest BCUT2D eigenvalue weighted by atomic mass is 35.5. The Labute approximate surface area is 531 Å². The van der Waals surface area contributed by atoms with E-state index in [1.54, 1.807) is 18.7 Å². The average Bonchev–Trinajstić information content (AvgIpc) is 1.14. The van der Waals surface area contributed by atoms with Gasteiger partial charge in [0.15, 0.2) is 0 Å². The van der Waals surface area contributed by atoms with Crippen molar-refractivity contribution in [3.05, 3.63) is 297 Å². The van der Waals surface area contributed by atoms with Crippen molar-refractivity contribution in [1.82, 2.24) is 19.9 Å². The molecule has 424 valence electrons. The monoisotopic (exact) mass is 1210 g/mol. The Balaban J connectivity index is 0.000000118. The molecule has 0 aliphatic rings. The van der Waals surface area contributed by atoms with Crippen LogP contribution in [0.2, 0.25) is 5.02 Å². The number of aromatic nitrogens is 4. The average molecular weight is 1210 g/mol. The van der Waals surface area contributed by atoms with Crippen LogP contribution in [0, 0.1) is 0 Å². The third-order valence-corrected chi connectivity index (χ3v) is 19.8. The smallest absolute Gasteiger partial charge is 0.423 e. The molecule has 0 atom stereocenters. The molecular weight excluding hydrogens is 1160 g/mol. The van der Waals surface area contributed by atoms with Crippen molar-refractivity contribution in [2.75, 3.05) is 0 Å². The van der Waals surface area contributed by atoms with Gasteiger partial charge in [-0.05, 0) is 142 Å². The van der Waals surface area contributed by atoms with Gasteiger partial charge in [0.1, 0.15) is 12.7 Å². The predicted molar refractivity (Wildman–Crippen MR) is 383 cm³/mol. The summed E-state index contributed by atoms with van der Waals surface area (Å²) in [5.41, 5.74) is 14.1. The topological polar surface area (TPSA) is 92.0 Å². The van der Waals surface area contributed by atoms with Crippen LogP contribution >= 0.6 is 34.3 Å². The van der Waals surface area contributed by atoms with Crippen LogP contribution in [0.4, 0.5) is 0 Å². The molecule has 0 saturated heterocycles. The summed E-state index contributed by atoms with van der Waals surface area (Å²) in [5, 5.41) is 36.5. The van der Waals surface area contributed by atoms with Gasteiger partial charge in [-0.15, -0.1) is 22.7 Å².